The molecule has 0 unspecified atom stereocenters. The van der Waals surface area contributed by atoms with Gasteiger partial charge in [-0.2, -0.15) is 0 Å². The molecular formula is C21H27ClN6O3. The minimum absolute atomic E-state index is 0.144. The van der Waals surface area contributed by atoms with Crippen molar-refractivity contribution in [1.29, 1.82) is 0 Å². The van der Waals surface area contributed by atoms with Crippen molar-refractivity contribution in [2.45, 2.75) is 32.9 Å². The average Bonchev–Trinajstić information content (AvgIpc) is 3.07. The molecule has 2 aliphatic rings. The van der Waals surface area contributed by atoms with E-state index < -0.39 is 18.2 Å². The van der Waals surface area contributed by atoms with Crippen molar-refractivity contribution < 1.29 is 14.3 Å². The van der Waals surface area contributed by atoms with Crippen LogP contribution in [0.25, 0.3) is 0 Å². The standard InChI is InChI=1S/C17H17ClN6O3.C4H10/c1-22-6-8-23(9-7-22)17(26)27-16-14-13(19-4-5-20-14)15(25)24(16)12-3-2-11(18)10-21-12;1-3-4-2/h2-5,10,16H,6-9H2,1H3;3-4H2,1-2H3/t16-;/m0./s1. The van der Waals surface area contributed by atoms with Crippen LogP contribution in [-0.4, -0.2) is 70.0 Å². The highest BCUT2D eigenvalue weighted by atomic mass is 35.5. The van der Waals surface area contributed by atoms with E-state index in [9.17, 15) is 9.59 Å². The van der Waals surface area contributed by atoms with E-state index in [1.807, 2.05) is 7.05 Å². The highest BCUT2D eigenvalue weighted by molar-refractivity contribution is 6.30. The number of anilines is 1. The lowest BCUT2D eigenvalue weighted by molar-refractivity contribution is 0.0476. The molecule has 2 aliphatic heterocycles. The first-order valence-corrected chi connectivity index (χ1v) is 10.7. The van der Waals surface area contributed by atoms with Crippen LogP contribution in [0.3, 0.4) is 0 Å². The Morgan fingerprint density at radius 3 is 2.39 bits per heavy atom. The molecule has 9 nitrogen and oxygen atoms in total. The van der Waals surface area contributed by atoms with E-state index in [-0.39, 0.29) is 5.69 Å². The Hall–Kier alpha value is -2.78. The third-order valence-electron chi connectivity index (χ3n) is 5.05. The number of nitrogens with zero attached hydrogens (tertiary/aromatic N) is 6. The van der Waals surface area contributed by atoms with Crippen molar-refractivity contribution in [3.8, 4) is 0 Å². The minimum atomic E-state index is -1.03. The molecule has 166 valence electrons. The van der Waals surface area contributed by atoms with E-state index in [4.69, 9.17) is 16.3 Å². The number of aromatic nitrogens is 3. The predicted molar refractivity (Wildman–Crippen MR) is 117 cm³/mol. The summed E-state index contributed by atoms with van der Waals surface area (Å²) in [6.07, 6.45) is 5.42. The summed E-state index contributed by atoms with van der Waals surface area (Å²) >= 11 is 5.89. The minimum Gasteiger partial charge on any atom is -0.419 e. The number of hydrogen-bond acceptors (Lipinski definition) is 7. The van der Waals surface area contributed by atoms with Gasteiger partial charge < -0.3 is 14.5 Å². The van der Waals surface area contributed by atoms with Gasteiger partial charge in [-0.25, -0.2) is 19.7 Å². The topological polar surface area (TPSA) is 91.8 Å². The molecule has 4 rings (SSSR count). The van der Waals surface area contributed by atoms with Crippen LogP contribution in [0, 0.1) is 0 Å². The zero-order chi connectivity index (χ0) is 22.4. The van der Waals surface area contributed by atoms with E-state index in [1.165, 1.54) is 36.3 Å². The van der Waals surface area contributed by atoms with Crippen LogP contribution in [-0.2, 0) is 4.74 Å². The molecule has 2 amide bonds. The molecule has 1 fully saturated rings. The summed E-state index contributed by atoms with van der Waals surface area (Å²) in [5, 5.41) is 0.435. The Labute approximate surface area is 187 Å². The molecule has 0 bridgehead atoms. The number of fused-ring (bicyclic) bond motifs is 1. The van der Waals surface area contributed by atoms with Crippen LogP contribution >= 0.6 is 11.6 Å². The maximum Gasteiger partial charge on any atom is 0.412 e. The van der Waals surface area contributed by atoms with Gasteiger partial charge >= 0.3 is 6.09 Å². The molecule has 1 atom stereocenters. The molecule has 0 saturated carbocycles. The monoisotopic (exact) mass is 446 g/mol. The predicted octanol–water partition coefficient (Wildman–Crippen LogP) is 3.37. The number of pyridine rings is 1. The Kier molecular flexibility index (Phi) is 7.75. The number of rotatable bonds is 3. The lowest BCUT2D eigenvalue weighted by atomic mass is 10.3. The molecule has 0 aliphatic carbocycles. The number of unbranched alkanes of at least 4 members (excludes halogenated alkanes) is 1. The highest BCUT2D eigenvalue weighted by Crippen LogP contribution is 2.35. The van der Waals surface area contributed by atoms with Crippen LogP contribution < -0.4 is 4.90 Å². The summed E-state index contributed by atoms with van der Waals surface area (Å²) in [6, 6.07) is 3.20. The number of hydrogen-bond donors (Lipinski definition) is 0. The quantitative estimate of drug-likeness (QED) is 0.713. The lowest BCUT2D eigenvalue weighted by Gasteiger charge is -2.33. The molecule has 4 heterocycles. The van der Waals surface area contributed by atoms with Gasteiger partial charge in [-0.1, -0.05) is 38.3 Å². The molecule has 1 saturated heterocycles. The lowest BCUT2D eigenvalue weighted by Crippen LogP contribution is -2.48. The Morgan fingerprint density at radius 1 is 1.10 bits per heavy atom. The van der Waals surface area contributed by atoms with Gasteiger partial charge in [-0.15, -0.1) is 0 Å². The number of amides is 2. The Balaban J connectivity index is 0.000000628. The van der Waals surface area contributed by atoms with Crippen molar-refractivity contribution in [1.82, 2.24) is 24.8 Å². The second-order valence-corrected chi connectivity index (χ2v) is 7.76. The van der Waals surface area contributed by atoms with Gasteiger partial charge in [0.15, 0.2) is 5.69 Å². The van der Waals surface area contributed by atoms with E-state index in [2.05, 4.69) is 33.7 Å². The van der Waals surface area contributed by atoms with Crippen molar-refractivity contribution >= 4 is 29.4 Å². The van der Waals surface area contributed by atoms with E-state index >= 15 is 0 Å². The molecule has 0 spiro atoms. The van der Waals surface area contributed by atoms with Crippen molar-refractivity contribution in [2.24, 2.45) is 0 Å². The van der Waals surface area contributed by atoms with Crippen molar-refractivity contribution in [3.05, 3.63) is 47.1 Å². The molecule has 2 aromatic heterocycles. The number of ether oxygens (including phenoxy) is 1. The van der Waals surface area contributed by atoms with Gasteiger partial charge in [0, 0.05) is 44.8 Å². The van der Waals surface area contributed by atoms with Crippen LogP contribution in [0.5, 0.6) is 0 Å². The van der Waals surface area contributed by atoms with Crippen LogP contribution in [0.1, 0.15) is 49.1 Å². The van der Waals surface area contributed by atoms with Crippen molar-refractivity contribution in [3.63, 3.8) is 0 Å². The first kappa shape index (κ1) is 22.9. The SMILES string of the molecule is CCCC.CN1CCN(C(=O)O[C@H]2c3nccnc3C(=O)N2c2ccc(Cl)cn2)CC1. The molecule has 0 aromatic carbocycles. The summed E-state index contributed by atoms with van der Waals surface area (Å²) < 4.78 is 5.68. The molecule has 31 heavy (non-hydrogen) atoms. The summed E-state index contributed by atoms with van der Waals surface area (Å²) in [7, 11) is 2.00. The zero-order valence-corrected chi connectivity index (χ0v) is 18.7. The normalized spacial score (nSPS) is 18.3. The second-order valence-electron chi connectivity index (χ2n) is 7.33. The Bertz CT molecular complexity index is 900. The fraction of sp³-hybridized carbons (Fsp3) is 0.476. The number of carbonyl (C=O) groups is 2. The third-order valence-corrected chi connectivity index (χ3v) is 5.27. The van der Waals surface area contributed by atoms with Gasteiger partial charge in [0.2, 0.25) is 6.23 Å². The summed E-state index contributed by atoms with van der Waals surface area (Å²) in [5.41, 5.74) is 0.437. The van der Waals surface area contributed by atoms with Gasteiger partial charge in [-0.3, -0.25) is 9.78 Å². The maximum atomic E-state index is 12.8. The molecular weight excluding hydrogens is 420 g/mol. The fourth-order valence-corrected chi connectivity index (χ4v) is 3.15. The van der Waals surface area contributed by atoms with Gasteiger partial charge in [0.1, 0.15) is 11.5 Å². The third kappa shape index (κ3) is 5.29. The van der Waals surface area contributed by atoms with Gasteiger partial charge in [0.05, 0.1) is 5.02 Å². The molecule has 0 N–H and O–H groups in total. The van der Waals surface area contributed by atoms with Crippen LogP contribution in [0.15, 0.2) is 30.7 Å². The number of piperazine rings is 1. The molecule has 10 heteroatoms. The van der Waals surface area contributed by atoms with Crippen LogP contribution in [0.4, 0.5) is 10.6 Å². The first-order chi connectivity index (χ1) is 15.0. The second kappa shape index (κ2) is 10.5. The summed E-state index contributed by atoms with van der Waals surface area (Å²) in [4.78, 5) is 43.0. The number of halogens is 1. The van der Waals surface area contributed by atoms with E-state index in [0.29, 0.717) is 29.6 Å². The zero-order valence-electron chi connectivity index (χ0n) is 18.0. The average molecular weight is 447 g/mol. The molecule has 2 aromatic rings. The summed E-state index contributed by atoms with van der Waals surface area (Å²) in [6.45, 7) is 7.00. The number of likely N-dealkylation sites (N-methyl/N-ethyl adjacent to an activating group) is 1. The Morgan fingerprint density at radius 2 is 1.77 bits per heavy atom. The molecule has 0 radical (unpaired) electrons. The van der Waals surface area contributed by atoms with E-state index in [1.54, 1.807) is 17.0 Å². The van der Waals surface area contributed by atoms with Crippen LogP contribution in [0.2, 0.25) is 5.02 Å². The van der Waals surface area contributed by atoms with Crippen molar-refractivity contribution in [2.75, 3.05) is 38.1 Å². The first-order valence-electron chi connectivity index (χ1n) is 10.4. The summed E-state index contributed by atoms with van der Waals surface area (Å²) in [5.74, 6) is -0.121. The van der Waals surface area contributed by atoms with Gasteiger partial charge in [0.25, 0.3) is 5.91 Å². The fourth-order valence-electron chi connectivity index (χ4n) is 3.04. The largest absolute Gasteiger partial charge is 0.419 e. The maximum absolute atomic E-state index is 12.8. The smallest absolute Gasteiger partial charge is 0.412 e. The van der Waals surface area contributed by atoms with Gasteiger partial charge in [-0.05, 0) is 19.2 Å². The number of carbonyl (C=O) groups excluding carboxylic acids is 2. The van der Waals surface area contributed by atoms with E-state index in [0.717, 1.165) is 13.1 Å². The highest BCUT2D eigenvalue weighted by Gasteiger charge is 2.44.